The fourth-order valence-corrected chi connectivity index (χ4v) is 1.69. The molecule has 0 aliphatic carbocycles. The van der Waals surface area contributed by atoms with Crippen molar-refractivity contribution in [3.05, 3.63) is 0 Å². The Balaban J connectivity index is 2.31. The zero-order valence-corrected chi connectivity index (χ0v) is 11.3. The van der Waals surface area contributed by atoms with Crippen LogP contribution in [0.15, 0.2) is 0 Å². The van der Waals surface area contributed by atoms with Gasteiger partial charge in [-0.25, -0.2) is 0 Å². The molecular weight excluding hydrogens is 236 g/mol. The highest BCUT2D eigenvalue weighted by molar-refractivity contribution is 5.75. The Morgan fingerprint density at radius 3 is 2.44 bits per heavy atom. The zero-order chi connectivity index (χ0) is 13.5. The van der Waals surface area contributed by atoms with Crippen LogP contribution in [0.5, 0.6) is 0 Å². The van der Waals surface area contributed by atoms with Gasteiger partial charge in [-0.3, -0.25) is 9.59 Å². The van der Waals surface area contributed by atoms with Gasteiger partial charge < -0.3 is 14.2 Å². The van der Waals surface area contributed by atoms with Crippen molar-refractivity contribution in [2.24, 2.45) is 11.8 Å². The Labute approximate surface area is 108 Å². The van der Waals surface area contributed by atoms with Crippen LogP contribution in [0.3, 0.4) is 0 Å². The summed E-state index contributed by atoms with van der Waals surface area (Å²) in [6, 6.07) is 0. The van der Waals surface area contributed by atoms with E-state index in [1.54, 1.807) is 13.8 Å². The fraction of sp³-hybridized carbons (Fsp3) is 0.846. The van der Waals surface area contributed by atoms with Crippen LogP contribution in [0.4, 0.5) is 0 Å². The number of esters is 2. The summed E-state index contributed by atoms with van der Waals surface area (Å²) in [6.45, 7) is 6.82. The second-order valence-corrected chi connectivity index (χ2v) is 4.58. The van der Waals surface area contributed by atoms with Crippen LogP contribution in [0.25, 0.3) is 0 Å². The third kappa shape index (κ3) is 5.04. The molecule has 1 aliphatic heterocycles. The van der Waals surface area contributed by atoms with Crippen LogP contribution in [-0.4, -0.2) is 37.9 Å². The van der Waals surface area contributed by atoms with E-state index in [9.17, 15) is 9.59 Å². The summed E-state index contributed by atoms with van der Waals surface area (Å²) in [7, 11) is 0. The van der Waals surface area contributed by atoms with E-state index in [-0.39, 0.29) is 29.9 Å². The summed E-state index contributed by atoms with van der Waals surface area (Å²) in [5.74, 6) is -1.03. The molecule has 18 heavy (non-hydrogen) atoms. The van der Waals surface area contributed by atoms with E-state index >= 15 is 0 Å². The van der Waals surface area contributed by atoms with E-state index in [4.69, 9.17) is 14.2 Å². The SMILES string of the molecule is CCOC(=O)C(CC)CC(C)C(=O)OCC1CO1. The monoisotopic (exact) mass is 258 g/mol. The van der Waals surface area contributed by atoms with E-state index < -0.39 is 0 Å². The highest BCUT2D eigenvalue weighted by Gasteiger charge is 2.28. The first-order valence-corrected chi connectivity index (χ1v) is 6.53. The first-order valence-electron chi connectivity index (χ1n) is 6.53. The van der Waals surface area contributed by atoms with Gasteiger partial charge in [-0.15, -0.1) is 0 Å². The molecule has 1 aliphatic rings. The summed E-state index contributed by atoms with van der Waals surface area (Å²) in [6.07, 6.45) is 1.22. The van der Waals surface area contributed by atoms with Gasteiger partial charge in [0.15, 0.2) is 0 Å². The lowest BCUT2D eigenvalue weighted by Gasteiger charge is -2.17. The van der Waals surface area contributed by atoms with E-state index in [2.05, 4.69) is 0 Å². The van der Waals surface area contributed by atoms with Crippen molar-refractivity contribution in [1.29, 1.82) is 0 Å². The maximum Gasteiger partial charge on any atom is 0.308 e. The van der Waals surface area contributed by atoms with Gasteiger partial charge in [0, 0.05) is 0 Å². The number of carbonyl (C=O) groups is 2. The van der Waals surface area contributed by atoms with E-state index in [1.165, 1.54) is 0 Å². The fourth-order valence-electron chi connectivity index (χ4n) is 1.69. The van der Waals surface area contributed by atoms with Gasteiger partial charge in [0.2, 0.25) is 0 Å². The second kappa shape index (κ2) is 7.36. The molecule has 0 radical (unpaired) electrons. The van der Waals surface area contributed by atoms with E-state index in [0.29, 0.717) is 32.7 Å². The molecule has 0 saturated carbocycles. The summed E-state index contributed by atoms with van der Waals surface area (Å²) < 4.78 is 15.0. The van der Waals surface area contributed by atoms with Crippen molar-refractivity contribution < 1.29 is 23.8 Å². The third-order valence-corrected chi connectivity index (χ3v) is 2.97. The number of hydrogen-bond acceptors (Lipinski definition) is 5. The van der Waals surface area contributed by atoms with Gasteiger partial charge in [-0.1, -0.05) is 13.8 Å². The van der Waals surface area contributed by atoms with Crippen LogP contribution in [0.2, 0.25) is 0 Å². The molecule has 3 atom stereocenters. The maximum atomic E-state index is 11.7. The van der Waals surface area contributed by atoms with Crippen molar-refractivity contribution in [2.75, 3.05) is 19.8 Å². The van der Waals surface area contributed by atoms with Crippen LogP contribution < -0.4 is 0 Å². The lowest BCUT2D eigenvalue weighted by Crippen LogP contribution is -2.24. The molecule has 0 aromatic rings. The average molecular weight is 258 g/mol. The normalized spacial score (nSPS) is 20.9. The van der Waals surface area contributed by atoms with Crippen LogP contribution >= 0.6 is 0 Å². The molecule has 5 nitrogen and oxygen atoms in total. The zero-order valence-electron chi connectivity index (χ0n) is 11.3. The molecular formula is C13H22O5. The Bertz CT molecular complexity index is 285. The summed E-state index contributed by atoms with van der Waals surface area (Å²) in [5, 5.41) is 0. The van der Waals surface area contributed by atoms with E-state index in [0.717, 1.165) is 0 Å². The first kappa shape index (κ1) is 15.0. The van der Waals surface area contributed by atoms with Gasteiger partial charge in [0.25, 0.3) is 0 Å². The molecule has 0 N–H and O–H groups in total. The Morgan fingerprint density at radius 1 is 1.28 bits per heavy atom. The lowest BCUT2D eigenvalue weighted by atomic mass is 9.94. The van der Waals surface area contributed by atoms with Crippen LogP contribution in [0.1, 0.15) is 33.6 Å². The van der Waals surface area contributed by atoms with Gasteiger partial charge in [-0.2, -0.15) is 0 Å². The molecule has 1 fully saturated rings. The molecule has 0 spiro atoms. The van der Waals surface area contributed by atoms with Gasteiger partial charge in [-0.05, 0) is 19.8 Å². The Kier molecular flexibility index (Phi) is 6.12. The number of ether oxygens (including phenoxy) is 3. The van der Waals surface area contributed by atoms with Crippen molar-refractivity contribution >= 4 is 11.9 Å². The van der Waals surface area contributed by atoms with Gasteiger partial charge in [0.1, 0.15) is 12.7 Å². The maximum absolute atomic E-state index is 11.7. The molecule has 3 unspecified atom stereocenters. The lowest BCUT2D eigenvalue weighted by molar-refractivity contribution is -0.152. The Hall–Kier alpha value is -1.10. The minimum Gasteiger partial charge on any atom is -0.466 e. The highest BCUT2D eigenvalue weighted by atomic mass is 16.6. The molecule has 0 aromatic heterocycles. The minimum atomic E-state index is -0.293. The number of carbonyl (C=O) groups excluding carboxylic acids is 2. The van der Waals surface area contributed by atoms with Crippen molar-refractivity contribution in [2.45, 2.75) is 39.7 Å². The van der Waals surface area contributed by atoms with Crippen LogP contribution in [0, 0.1) is 11.8 Å². The minimum absolute atomic E-state index is 0.0770. The van der Waals surface area contributed by atoms with Gasteiger partial charge >= 0.3 is 11.9 Å². The number of rotatable bonds is 8. The Morgan fingerprint density at radius 2 is 1.94 bits per heavy atom. The van der Waals surface area contributed by atoms with Gasteiger partial charge in [0.05, 0.1) is 25.0 Å². The molecule has 104 valence electrons. The molecule has 0 amide bonds. The third-order valence-electron chi connectivity index (χ3n) is 2.97. The summed E-state index contributed by atoms with van der Waals surface area (Å²) >= 11 is 0. The van der Waals surface area contributed by atoms with E-state index in [1.807, 2.05) is 6.92 Å². The average Bonchev–Trinajstić information content (AvgIpc) is 3.16. The second-order valence-electron chi connectivity index (χ2n) is 4.58. The molecule has 1 rings (SSSR count). The molecule has 0 bridgehead atoms. The highest BCUT2D eigenvalue weighted by Crippen LogP contribution is 2.19. The topological polar surface area (TPSA) is 65.1 Å². The molecule has 1 saturated heterocycles. The molecule has 5 heteroatoms. The van der Waals surface area contributed by atoms with Crippen molar-refractivity contribution in [1.82, 2.24) is 0 Å². The predicted octanol–water partition coefficient (Wildman–Crippen LogP) is 1.54. The summed E-state index contributed by atoms with van der Waals surface area (Å²) in [5.41, 5.74) is 0. The van der Waals surface area contributed by atoms with Crippen molar-refractivity contribution in [3.8, 4) is 0 Å². The number of epoxide rings is 1. The summed E-state index contributed by atoms with van der Waals surface area (Å²) in [4.78, 5) is 23.3. The quantitative estimate of drug-likeness (QED) is 0.488. The number of hydrogen-bond donors (Lipinski definition) is 0. The predicted molar refractivity (Wildman–Crippen MR) is 64.9 cm³/mol. The molecule has 0 aromatic carbocycles. The largest absolute Gasteiger partial charge is 0.466 e. The van der Waals surface area contributed by atoms with Crippen molar-refractivity contribution in [3.63, 3.8) is 0 Å². The van der Waals surface area contributed by atoms with Crippen LogP contribution in [-0.2, 0) is 23.8 Å². The smallest absolute Gasteiger partial charge is 0.308 e. The molecule has 1 heterocycles. The standard InChI is InChI=1S/C13H22O5/c1-4-10(13(15)16-5-2)6-9(3)12(14)18-8-11-7-17-11/h9-11H,4-8H2,1-3H3. The first-order chi connectivity index (χ1) is 8.58.